The Bertz CT molecular complexity index is 933. The molecule has 2 bridgehead atoms. The number of nitrogens with zero attached hydrogens (tertiary/aromatic N) is 3. The predicted octanol–water partition coefficient (Wildman–Crippen LogP) is 3.69. The number of fused-ring (bicyclic) bond motifs is 4. The maximum atomic E-state index is 14.5. The molecular weight excluding hydrogens is 355 g/mol. The van der Waals surface area contributed by atoms with Gasteiger partial charge in [-0.1, -0.05) is 11.6 Å². The van der Waals surface area contributed by atoms with Gasteiger partial charge in [-0.25, -0.2) is 9.37 Å². The summed E-state index contributed by atoms with van der Waals surface area (Å²) in [7, 11) is 3.45. The highest BCUT2D eigenvalue weighted by atomic mass is 35.5. The molecule has 2 N–H and O–H groups in total. The Kier molecular flexibility index (Phi) is 4.02. The third-order valence-electron chi connectivity index (χ3n) is 5.55. The summed E-state index contributed by atoms with van der Waals surface area (Å²) in [6.45, 7) is 0. The number of likely N-dealkylation sites (N-methyl/N-ethyl adjacent to an activating group) is 1. The molecule has 0 saturated carbocycles. The fourth-order valence-corrected chi connectivity index (χ4v) is 4.61. The summed E-state index contributed by atoms with van der Waals surface area (Å²) >= 11 is 6.21. The molecule has 2 aromatic rings. The zero-order valence-electron chi connectivity index (χ0n) is 14.5. The van der Waals surface area contributed by atoms with Crippen LogP contribution in [0.3, 0.4) is 0 Å². The van der Waals surface area contributed by atoms with E-state index in [1.165, 1.54) is 13.2 Å². The molecule has 0 amide bonds. The number of hydrogen-bond acceptors (Lipinski definition) is 5. The largest absolute Gasteiger partial charge is 0.492 e. The zero-order chi connectivity index (χ0) is 18.6. The normalized spacial score (nSPS) is 21.3. The molecule has 0 radical (unpaired) electrons. The van der Waals surface area contributed by atoms with Gasteiger partial charge in [0, 0.05) is 35.3 Å². The molecule has 0 spiro atoms. The molecule has 2 atom stereocenters. The Morgan fingerprint density at radius 2 is 2.19 bits per heavy atom. The van der Waals surface area contributed by atoms with E-state index in [1.54, 1.807) is 6.07 Å². The van der Waals surface area contributed by atoms with Crippen LogP contribution in [0, 0.1) is 17.1 Å². The topological polar surface area (TPSA) is 75.2 Å². The number of methoxy groups -OCH3 is 1. The van der Waals surface area contributed by atoms with Gasteiger partial charge in [-0.05, 0) is 37.6 Å². The second-order valence-corrected chi connectivity index (χ2v) is 7.22. The molecule has 4 rings (SSSR count). The van der Waals surface area contributed by atoms with Crippen molar-refractivity contribution in [2.75, 3.05) is 19.9 Å². The van der Waals surface area contributed by atoms with Crippen LogP contribution in [0.2, 0.25) is 5.02 Å². The number of rotatable bonds is 2. The molecule has 2 unspecified atom stereocenters. The summed E-state index contributed by atoms with van der Waals surface area (Å²) in [5, 5.41) is 9.86. The van der Waals surface area contributed by atoms with Gasteiger partial charge in [-0.3, -0.25) is 4.90 Å². The third kappa shape index (κ3) is 2.35. The van der Waals surface area contributed by atoms with Crippen LogP contribution in [0.15, 0.2) is 12.1 Å². The summed E-state index contributed by atoms with van der Waals surface area (Å²) in [4.78, 5) is 6.81. The number of nitrogens with two attached hydrogens (primary N) is 1. The third-order valence-corrected chi connectivity index (χ3v) is 5.83. The van der Waals surface area contributed by atoms with E-state index in [4.69, 9.17) is 22.1 Å². The van der Waals surface area contributed by atoms with Gasteiger partial charge >= 0.3 is 0 Å². The van der Waals surface area contributed by atoms with E-state index >= 15 is 0 Å². The maximum Gasteiger partial charge on any atom is 0.173 e. The standard InChI is InChI=1S/C19H18ClFN4O/c1-25-10-3-4-15(25)17-14(7-10)24-19(23)11(8-22)16(17)9-5-12(20)18(26-2)13(21)6-9/h5-6,10,15H,3-4,7H2,1-2H3,(H2,23,24). The lowest BCUT2D eigenvalue weighted by Crippen LogP contribution is -2.35. The summed E-state index contributed by atoms with van der Waals surface area (Å²) in [5.74, 6) is -0.406. The van der Waals surface area contributed by atoms with Gasteiger partial charge in [0.1, 0.15) is 17.5 Å². The fraction of sp³-hybridized carbons (Fsp3) is 0.368. The summed E-state index contributed by atoms with van der Waals surface area (Å²) in [6, 6.07) is 5.69. The van der Waals surface area contributed by atoms with Crippen molar-refractivity contribution in [2.24, 2.45) is 0 Å². The molecule has 1 aromatic carbocycles. The highest BCUT2D eigenvalue weighted by Gasteiger charge is 2.41. The molecule has 3 heterocycles. The summed E-state index contributed by atoms with van der Waals surface area (Å²) in [6.07, 6.45) is 2.82. The van der Waals surface area contributed by atoms with E-state index in [1.807, 2.05) is 0 Å². The zero-order valence-corrected chi connectivity index (χ0v) is 15.3. The van der Waals surface area contributed by atoms with Gasteiger partial charge in [0.2, 0.25) is 0 Å². The number of nitriles is 1. The lowest BCUT2D eigenvalue weighted by Gasteiger charge is -2.34. The SMILES string of the molecule is COc1c(F)cc(-c2c(C#N)c(N)nc3c2C2CCC(C3)N2C)cc1Cl. The van der Waals surface area contributed by atoms with Crippen LogP contribution < -0.4 is 10.5 Å². The van der Waals surface area contributed by atoms with Crippen molar-refractivity contribution >= 4 is 17.4 Å². The minimum Gasteiger partial charge on any atom is -0.492 e. The van der Waals surface area contributed by atoms with Crippen molar-refractivity contribution in [1.82, 2.24) is 9.88 Å². The van der Waals surface area contributed by atoms with Crippen LogP contribution in [0.25, 0.3) is 11.1 Å². The molecule has 0 aliphatic carbocycles. The monoisotopic (exact) mass is 372 g/mol. The number of anilines is 1. The van der Waals surface area contributed by atoms with Crippen molar-refractivity contribution in [2.45, 2.75) is 31.3 Å². The van der Waals surface area contributed by atoms with E-state index in [-0.39, 0.29) is 28.2 Å². The molecule has 26 heavy (non-hydrogen) atoms. The van der Waals surface area contributed by atoms with Crippen LogP contribution >= 0.6 is 11.6 Å². The first-order valence-corrected chi connectivity index (χ1v) is 8.81. The molecule has 5 nitrogen and oxygen atoms in total. The number of aromatic nitrogens is 1. The second-order valence-electron chi connectivity index (χ2n) is 6.81. The summed E-state index contributed by atoms with van der Waals surface area (Å²) in [5.41, 5.74) is 9.36. The smallest absolute Gasteiger partial charge is 0.173 e. The van der Waals surface area contributed by atoms with Crippen LogP contribution in [-0.4, -0.2) is 30.1 Å². The maximum absolute atomic E-state index is 14.5. The van der Waals surface area contributed by atoms with Gasteiger partial charge in [0.05, 0.1) is 12.1 Å². The second kappa shape index (κ2) is 6.11. The van der Waals surface area contributed by atoms with E-state index < -0.39 is 5.82 Å². The first-order valence-electron chi connectivity index (χ1n) is 8.44. The van der Waals surface area contributed by atoms with E-state index in [0.717, 1.165) is 30.5 Å². The minimum atomic E-state index is -0.573. The lowest BCUT2D eigenvalue weighted by molar-refractivity contribution is 0.222. The van der Waals surface area contributed by atoms with E-state index in [0.29, 0.717) is 17.2 Å². The molecule has 134 valence electrons. The molecule has 1 aromatic heterocycles. The van der Waals surface area contributed by atoms with Crippen molar-refractivity contribution < 1.29 is 9.13 Å². The lowest BCUT2D eigenvalue weighted by atomic mass is 9.87. The molecule has 7 heteroatoms. The number of halogens is 2. The Hall–Kier alpha value is -2.36. The van der Waals surface area contributed by atoms with Gasteiger partial charge in [-0.15, -0.1) is 0 Å². The Balaban J connectivity index is 2.03. The van der Waals surface area contributed by atoms with E-state index in [9.17, 15) is 9.65 Å². The quantitative estimate of drug-likeness (QED) is 0.870. The van der Waals surface area contributed by atoms with Crippen molar-refractivity contribution in [1.29, 1.82) is 5.26 Å². The number of ether oxygens (including phenoxy) is 1. The molecule has 1 fully saturated rings. The molecule has 2 aliphatic rings. The first kappa shape index (κ1) is 17.1. The van der Waals surface area contributed by atoms with Gasteiger partial charge < -0.3 is 10.5 Å². The Morgan fingerprint density at radius 1 is 1.42 bits per heavy atom. The van der Waals surface area contributed by atoms with Gasteiger partial charge in [0.15, 0.2) is 11.6 Å². The van der Waals surface area contributed by atoms with Gasteiger partial charge in [-0.2, -0.15) is 5.26 Å². The Morgan fingerprint density at radius 3 is 2.85 bits per heavy atom. The Labute approximate surface area is 156 Å². The van der Waals surface area contributed by atoms with Crippen molar-refractivity contribution in [3.05, 3.63) is 39.8 Å². The number of pyridine rings is 1. The van der Waals surface area contributed by atoms with Gasteiger partial charge in [0.25, 0.3) is 0 Å². The predicted molar refractivity (Wildman–Crippen MR) is 97.6 cm³/mol. The van der Waals surface area contributed by atoms with Crippen LogP contribution in [0.4, 0.5) is 10.2 Å². The molecular formula is C19H18ClFN4O. The average molecular weight is 373 g/mol. The first-order chi connectivity index (χ1) is 12.5. The number of nitrogen functional groups attached to an aromatic ring is 1. The number of benzene rings is 1. The van der Waals surface area contributed by atoms with E-state index in [2.05, 4.69) is 23.0 Å². The van der Waals surface area contributed by atoms with Crippen LogP contribution in [-0.2, 0) is 6.42 Å². The molecule has 2 aliphatic heterocycles. The average Bonchev–Trinajstić information content (AvgIpc) is 2.84. The fourth-order valence-electron chi connectivity index (χ4n) is 4.32. The molecule has 1 saturated heterocycles. The summed E-state index contributed by atoms with van der Waals surface area (Å²) < 4.78 is 19.5. The highest BCUT2D eigenvalue weighted by molar-refractivity contribution is 6.32. The number of hydrogen-bond donors (Lipinski definition) is 1. The van der Waals surface area contributed by atoms with Crippen molar-refractivity contribution in [3.8, 4) is 22.9 Å². The highest BCUT2D eigenvalue weighted by Crippen LogP contribution is 2.48. The van der Waals surface area contributed by atoms with Crippen molar-refractivity contribution in [3.63, 3.8) is 0 Å². The van der Waals surface area contributed by atoms with Crippen LogP contribution in [0.1, 0.15) is 35.7 Å². The minimum absolute atomic E-state index is 0.0112. The van der Waals surface area contributed by atoms with Crippen LogP contribution in [0.5, 0.6) is 5.75 Å².